The van der Waals surface area contributed by atoms with Crippen LogP contribution in [-0.4, -0.2) is 25.5 Å². The van der Waals surface area contributed by atoms with Crippen LogP contribution in [0.3, 0.4) is 0 Å². The van der Waals surface area contributed by atoms with Crippen molar-refractivity contribution < 1.29 is 9.53 Å². The van der Waals surface area contributed by atoms with Gasteiger partial charge in [0.1, 0.15) is 12.4 Å². The largest absolute Gasteiger partial charge is 0.489 e. The highest BCUT2D eigenvalue weighted by Gasteiger charge is 2.04. The van der Waals surface area contributed by atoms with E-state index in [1.807, 2.05) is 55.5 Å². The number of benzene rings is 2. The number of halogens is 1. The Morgan fingerprint density at radius 2 is 1.88 bits per heavy atom. The van der Waals surface area contributed by atoms with Crippen molar-refractivity contribution in [2.75, 3.05) is 19.6 Å². The number of rotatable bonds is 9. The summed E-state index contributed by atoms with van der Waals surface area (Å²) in [6.07, 6.45) is 0.351. The van der Waals surface area contributed by atoms with Gasteiger partial charge in [-0.05, 0) is 41.9 Å². The highest BCUT2D eigenvalue weighted by molar-refractivity contribution is 6.30. The Bertz CT molecular complexity index is 644. The molecule has 0 saturated carbocycles. The molecule has 0 atom stereocenters. The fourth-order valence-electron chi connectivity index (χ4n) is 2.21. The van der Waals surface area contributed by atoms with Crippen LogP contribution in [0.5, 0.6) is 5.75 Å². The molecule has 1 amide bonds. The first-order valence-corrected chi connectivity index (χ1v) is 8.49. The van der Waals surface area contributed by atoms with Crippen LogP contribution in [0.15, 0.2) is 48.5 Å². The van der Waals surface area contributed by atoms with Crippen molar-refractivity contribution in [3.05, 3.63) is 64.7 Å². The standard InChI is InChI=1S/C19H23ClN2O2/c1-2-21-10-11-22-19(23)13-16-4-3-5-18(12-16)24-14-15-6-8-17(20)9-7-15/h3-9,12,21H,2,10-11,13-14H2,1H3,(H,22,23). The van der Waals surface area contributed by atoms with Gasteiger partial charge in [0.25, 0.3) is 0 Å². The molecule has 24 heavy (non-hydrogen) atoms. The lowest BCUT2D eigenvalue weighted by atomic mass is 10.1. The summed E-state index contributed by atoms with van der Waals surface area (Å²) in [6, 6.07) is 15.2. The van der Waals surface area contributed by atoms with E-state index in [-0.39, 0.29) is 5.91 Å². The fourth-order valence-corrected chi connectivity index (χ4v) is 2.33. The normalized spacial score (nSPS) is 10.4. The van der Waals surface area contributed by atoms with Gasteiger partial charge in [-0.3, -0.25) is 4.79 Å². The molecule has 0 aliphatic rings. The monoisotopic (exact) mass is 346 g/mol. The van der Waals surface area contributed by atoms with E-state index in [0.717, 1.165) is 30.0 Å². The zero-order chi connectivity index (χ0) is 17.2. The lowest BCUT2D eigenvalue weighted by Crippen LogP contribution is -2.32. The molecule has 0 aliphatic carbocycles. The van der Waals surface area contributed by atoms with Crippen molar-refractivity contribution in [3.63, 3.8) is 0 Å². The Morgan fingerprint density at radius 3 is 2.62 bits per heavy atom. The van der Waals surface area contributed by atoms with Crippen LogP contribution in [0.4, 0.5) is 0 Å². The highest BCUT2D eigenvalue weighted by Crippen LogP contribution is 2.16. The summed E-state index contributed by atoms with van der Waals surface area (Å²) in [6.45, 7) is 4.83. The molecular formula is C19H23ClN2O2. The van der Waals surface area contributed by atoms with E-state index in [1.54, 1.807) is 0 Å². The zero-order valence-electron chi connectivity index (χ0n) is 13.8. The minimum absolute atomic E-state index is 0.0164. The van der Waals surface area contributed by atoms with Gasteiger partial charge in [-0.25, -0.2) is 0 Å². The highest BCUT2D eigenvalue weighted by atomic mass is 35.5. The van der Waals surface area contributed by atoms with Gasteiger partial charge in [0, 0.05) is 18.1 Å². The van der Waals surface area contributed by atoms with E-state index >= 15 is 0 Å². The second-order valence-corrected chi connectivity index (χ2v) is 5.88. The summed E-state index contributed by atoms with van der Waals surface area (Å²) >= 11 is 5.87. The van der Waals surface area contributed by atoms with Gasteiger partial charge in [0.05, 0.1) is 6.42 Å². The maximum atomic E-state index is 11.9. The summed E-state index contributed by atoms with van der Waals surface area (Å²) in [5.74, 6) is 0.769. The van der Waals surface area contributed by atoms with E-state index in [4.69, 9.17) is 16.3 Å². The third kappa shape index (κ3) is 6.60. The van der Waals surface area contributed by atoms with E-state index < -0.39 is 0 Å². The second-order valence-electron chi connectivity index (χ2n) is 5.44. The predicted molar refractivity (Wildman–Crippen MR) is 97.5 cm³/mol. The molecule has 0 aliphatic heterocycles. The molecule has 4 nitrogen and oxygen atoms in total. The Morgan fingerprint density at radius 1 is 1.08 bits per heavy atom. The summed E-state index contributed by atoms with van der Waals surface area (Å²) in [7, 11) is 0. The van der Waals surface area contributed by atoms with Crippen LogP contribution in [0.25, 0.3) is 0 Å². The molecule has 2 rings (SSSR count). The molecule has 0 saturated heterocycles. The summed E-state index contributed by atoms with van der Waals surface area (Å²) in [5.41, 5.74) is 1.98. The minimum atomic E-state index is 0.0164. The van der Waals surface area contributed by atoms with Gasteiger partial charge in [0.15, 0.2) is 0 Å². The third-order valence-corrected chi connectivity index (χ3v) is 3.71. The summed E-state index contributed by atoms with van der Waals surface area (Å²) in [5, 5.41) is 6.77. The molecule has 2 aromatic rings. The molecule has 0 aromatic heterocycles. The Kier molecular flexibility index (Phi) is 7.59. The maximum absolute atomic E-state index is 11.9. The van der Waals surface area contributed by atoms with E-state index in [0.29, 0.717) is 24.6 Å². The first-order chi connectivity index (χ1) is 11.7. The quantitative estimate of drug-likeness (QED) is 0.686. The van der Waals surface area contributed by atoms with Gasteiger partial charge in [-0.2, -0.15) is 0 Å². The number of hydrogen-bond acceptors (Lipinski definition) is 3. The van der Waals surface area contributed by atoms with E-state index in [2.05, 4.69) is 10.6 Å². The van der Waals surface area contributed by atoms with Crippen LogP contribution in [0.1, 0.15) is 18.1 Å². The van der Waals surface area contributed by atoms with Gasteiger partial charge in [-0.1, -0.05) is 42.8 Å². The first kappa shape index (κ1) is 18.3. The zero-order valence-corrected chi connectivity index (χ0v) is 14.6. The minimum Gasteiger partial charge on any atom is -0.489 e. The van der Waals surface area contributed by atoms with Crippen molar-refractivity contribution >= 4 is 17.5 Å². The summed E-state index contributed by atoms with van der Waals surface area (Å²) in [4.78, 5) is 11.9. The predicted octanol–water partition coefficient (Wildman–Crippen LogP) is 3.19. The number of carbonyl (C=O) groups excluding carboxylic acids is 1. The van der Waals surface area contributed by atoms with Gasteiger partial charge >= 0.3 is 0 Å². The molecule has 0 spiro atoms. The smallest absolute Gasteiger partial charge is 0.224 e. The van der Waals surface area contributed by atoms with Crippen LogP contribution in [0.2, 0.25) is 5.02 Å². The van der Waals surface area contributed by atoms with Crippen LogP contribution in [-0.2, 0) is 17.8 Å². The lowest BCUT2D eigenvalue weighted by Gasteiger charge is -2.09. The van der Waals surface area contributed by atoms with Crippen molar-refractivity contribution in [3.8, 4) is 5.75 Å². The molecule has 2 aromatic carbocycles. The number of amides is 1. The average Bonchev–Trinajstić information content (AvgIpc) is 2.59. The van der Waals surface area contributed by atoms with Crippen molar-refractivity contribution in [1.29, 1.82) is 0 Å². The van der Waals surface area contributed by atoms with Crippen molar-refractivity contribution in [2.45, 2.75) is 20.0 Å². The number of nitrogens with one attached hydrogen (secondary N) is 2. The topological polar surface area (TPSA) is 50.4 Å². The van der Waals surface area contributed by atoms with Gasteiger partial charge < -0.3 is 15.4 Å². The SMILES string of the molecule is CCNCCNC(=O)Cc1cccc(OCc2ccc(Cl)cc2)c1. The molecule has 0 unspecified atom stereocenters. The number of carbonyl (C=O) groups is 1. The average molecular weight is 347 g/mol. The fraction of sp³-hybridized carbons (Fsp3) is 0.316. The molecule has 5 heteroatoms. The molecule has 0 fully saturated rings. The van der Waals surface area contributed by atoms with Gasteiger partial charge in [0.2, 0.25) is 5.91 Å². The number of hydrogen-bond donors (Lipinski definition) is 2. The first-order valence-electron chi connectivity index (χ1n) is 8.11. The molecule has 2 N–H and O–H groups in total. The second kappa shape index (κ2) is 9.96. The van der Waals surface area contributed by atoms with Gasteiger partial charge in [-0.15, -0.1) is 0 Å². The van der Waals surface area contributed by atoms with E-state index in [9.17, 15) is 4.79 Å². The molecule has 0 bridgehead atoms. The molecule has 0 heterocycles. The lowest BCUT2D eigenvalue weighted by molar-refractivity contribution is -0.120. The maximum Gasteiger partial charge on any atom is 0.224 e. The molecule has 0 radical (unpaired) electrons. The van der Waals surface area contributed by atoms with Crippen LogP contribution < -0.4 is 15.4 Å². The molecular weight excluding hydrogens is 324 g/mol. The Labute approximate surface area is 148 Å². The third-order valence-electron chi connectivity index (χ3n) is 3.46. The van der Waals surface area contributed by atoms with Crippen LogP contribution in [0, 0.1) is 0 Å². The molecule has 128 valence electrons. The van der Waals surface area contributed by atoms with Crippen LogP contribution >= 0.6 is 11.6 Å². The number of likely N-dealkylation sites (N-methyl/N-ethyl adjacent to an activating group) is 1. The Hall–Kier alpha value is -2.04. The van der Waals surface area contributed by atoms with Crippen molar-refractivity contribution in [2.24, 2.45) is 0 Å². The van der Waals surface area contributed by atoms with Crippen molar-refractivity contribution in [1.82, 2.24) is 10.6 Å². The number of ether oxygens (including phenoxy) is 1. The Balaban J connectivity index is 1.82. The summed E-state index contributed by atoms with van der Waals surface area (Å²) < 4.78 is 5.78. The van der Waals surface area contributed by atoms with E-state index in [1.165, 1.54) is 0 Å².